The topological polar surface area (TPSA) is 92.4 Å². The molecule has 0 spiro atoms. The number of nitrogens with zero attached hydrogens (tertiary/aromatic N) is 1. The van der Waals surface area contributed by atoms with Crippen molar-refractivity contribution in [2.45, 2.75) is 6.61 Å². The van der Waals surface area contributed by atoms with Gasteiger partial charge in [0.05, 0.1) is 10.7 Å². The molecule has 3 amide bonds. The lowest BCUT2D eigenvalue weighted by molar-refractivity contribution is 0.0949. The number of nitrogens with one attached hydrogen (secondary N) is 3. The van der Waals surface area contributed by atoms with E-state index in [0.717, 1.165) is 0 Å². The monoisotopic (exact) mass is 482 g/mol. The summed E-state index contributed by atoms with van der Waals surface area (Å²) in [6, 6.07) is 10.3. The molecule has 0 aliphatic rings. The molecule has 0 radical (unpaired) electrons. The van der Waals surface area contributed by atoms with Crippen LogP contribution >= 0.6 is 34.5 Å². The van der Waals surface area contributed by atoms with Crippen LogP contribution in [0.15, 0.2) is 47.8 Å². The molecule has 3 rings (SSSR count). The molecule has 3 aromatic rings. The number of benzene rings is 2. The predicted octanol–water partition coefficient (Wildman–Crippen LogP) is 4.72. The first-order valence-corrected chi connectivity index (χ1v) is 10.7. The average molecular weight is 483 g/mol. The molecule has 162 valence electrons. The minimum atomic E-state index is -0.472. The first kappa shape index (κ1) is 22.8. The second-order valence-electron chi connectivity index (χ2n) is 6.11. The quantitative estimate of drug-likeness (QED) is 0.405. The first-order chi connectivity index (χ1) is 14.9. The highest BCUT2D eigenvalue weighted by Crippen LogP contribution is 2.25. The minimum Gasteiger partial charge on any atom is -0.483 e. The molecule has 0 unspecified atom stereocenters. The molecule has 3 N–H and O–H groups in total. The van der Waals surface area contributed by atoms with Crippen molar-refractivity contribution in [1.82, 2.24) is 15.6 Å². The summed E-state index contributed by atoms with van der Waals surface area (Å²) < 4.78 is 18.9. The third-order valence-electron chi connectivity index (χ3n) is 3.85. The molecule has 11 heteroatoms. The lowest BCUT2D eigenvalue weighted by Crippen LogP contribution is -2.36. The summed E-state index contributed by atoms with van der Waals surface area (Å²) in [6.45, 7) is 0.434. The molecule has 7 nitrogen and oxygen atoms in total. The van der Waals surface area contributed by atoms with E-state index in [-0.39, 0.29) is 31.1 Å². The Morgan fingerprint density at radius 1 is 1.10 bits per heavy atom. The van der Waals surface area contributed by atoms with Crippen molar-refractivity contribution in [2.24, 2.45) is 0 Å². The molecule has 0 aliphatic carbocycles. The number of hydrogen-bond donors (Lipinski definition) is 3. The minimum absolute atomic E-state index is 0.0495. The summed E-state index contributed by atoms with van der Waals surface area (Å²) >= 11 is 13.0. The SMILES string of the molecule is O=C(NCCNC(=O)c1csc(COc2ccccc2F)n1)Nc1ccc(Cl)cc1Cl. The zero-order valence-electron chi connectivity index (χ0n) is 16.0. The van der Waals surface area contributed by atoms with E-state index in [1.807, 2.05) is 0 Å². The molecule has 0 saturated carbocycles. The molecule has 0 fully saturated rings. The maximum Gasteiger partial charge on any atom is 0.319 e. The highest BCUT2D eigenvalue weighted by molar-refractivity contribution is 7.09. The molecular weight excluding hydrogens is 466 g/mol. The fourth-order valence-corrected chi connectivity index (χ4v) is 3.52. The number of hydrogen-bond acceptors (Lipinski definition) is 5. The number of aromatic nitrogens is 1. The summed E-state index contributed by atoms with van der Waals surface area (Å²) in [6.07, 6.45) is 0. The standard InChI is InChI=1S/C20H17Cl2FN4O3S/c21-12-5-6-15(13(22)9-12)27-20(29)25-8-7-24-19(28)16-11-31-18(26-16)10-30-17-4-2-1-3-14(17)23/h1-6,9,11H,7-8,10H2,(H,24,28)(H2,25,27,29). The van der Waals surface area contributed by atoms with Gasteiger partial charge in [0.2, 0.25) is 0 Å². The van der Waals surface area contributed by atoms with Gasteiger partial charge in [0.15, 0.2) is 11.6 Å². The van der Waals surface area contributed by atoms with Crippen LogP contribution in [0.5, 0.6) is 5.75 Å². The number of ether oxygens (including phenoxy) is 1. The van der Waals surface area contributed by atoms with Crippen LogP contribution in [0.3, 0.4) is 0 Å². The molecule has 0 aliphatic heterocycles. The van der Waals surface area contributed by atoms with Gasteiger partial charge >= 0.3 is 6.03 Å². The number of halogens is 3. The van der Waals surface area contributed by atoms with Crippen molar-refractivity contribution in [3.05, 3.63) is 74.4 Å². The van der Waals surface area contributed by atoms with Crippen LogP contribution in [0, 0.1) is 5.82 Å². The van der Waals surface area contributed by atoms with E-state index in [0.29, 0.717) is 20.7 Å². The fourth-order valence-electron chi connectivity index (χ4n) is 2.38. The van der Waals surface area contributed by atoms with Gasteiger partial charge in [0.1, 0.15) is 17.3 Å². The van der Waals surface area contributed by atoms with Gasteiger partial charge in [-0.15, -0.1) is 11.3 Å². The van der Waals surface area contributed by atoms with Crippen LogP contribution in [0.2, 0.25) is 10.0 Å². The zero-order chi connectivity index (χ0) is 22.2. The Labute approximate surface area is 191 Å². The van der Waals surface area contributed by atoms with Crippen molar-refractivity contribution in [1.29, 1.82) is 0 Å². The Kier molecular flexibility index (Phi) is 8.05. The maximum absolute atomic E-state index is 13.6. The molecular formula is C20H17Cl2FN4O3S. The van der Waals surface area contributed by atoms with Crippen LogP contribution in [0.4, 0.5) is 14.9 Å². The molecule has 31 heavy (non-hydrogen) atoms. The van der Waals surface area contributed by atoms with E-state index in [4.69, 9.17) is 27.9 Å². The third kappa shape index (κ3) is 6.81. The number of thiazole rings is 1. The Hall–Kier alpha value is -2.88. The lowest BCUT2D eigenvalue weighted by Gasteiger charge is -2.09. The number of para-hydroxylation sites is 1. The molecule has 0 atom stereocenters. The zero-order valence-corrected chi connectivity index (χ0v) is 18.3. The lowest BCUT2D eigenvalue weighted by atomic mass is 10.3. The first-order valence-electron chi connectivity index (χ1n) is 9.02. The van der Waals surface area contributed by atoms with E-state index in [1.54, 1.807) is 29.6 Å². The fraction of sp³-hybridized carbons (Fsp3) is 0.150. The van der Waals surface area contributed by atoms with Crippen molar-refractivity contribution in [3.8, 4) is 5.75 Å². The summed E-state index contributed by atoms with van der Waals surface area (Å²) in [5.74, 6) is -0.740. The number of carbonyl (C=O) groups excluding carboxylic acids is 2. The molecule has 1 aromatic heterocycles. The molecule has 0 saturated heterocycles. The van der Waals surface area contributed by atoms with Crippen LogP contribution in [0.25, 0.3) is 0 Å². The predicted molar refractivity (Wildman–Crippen MR) is 119 cm³/mol. The molecule has 0 bridgehead atoms. The largest absolute Gasteiger partial charge is 0.483 e. The van der Waals surface area contributed by atoms with Gasteiger partial charge in [-0.1, -0.05) is 35.3 Å². The van der Waals surface area contributed by atoms with Gasteiger partial charge in [-0.2, -0.15) is 0 Å². The van der Waals surface area contributed by atoms with Gasteiger partial charge in [-0.3, -0.25) is 4.79 Å². The summed E-state index contributed by atoms with van der Waals surface area (Å²) in [4.78, 5) is 28.3. The van der Waals surface area contributed by atoms with E-state index in [9.17, 15) is 14.0 Å². The Morgan fingerprint density at radius 3 is 2.65 bits per heavy atom. The number of rotatable bonds is 8. The third-order valence-corrected chi connectivity index (χ3v) is 5.22. The molecule has 1 heterocycles. The summed E-state index contributed by atoms with van der Waals surface area (Å²) in [5, 5.41) is 10.7. The van der Waals surface area contributed by atoms with Gasteiger partial charge in [0, 0.05) is 23.5 Å². The Bertz CT molecular complexity index is 1080. The van der Waals surface area contributed by atoms with Gasteiger partial charge in [-0.25, -0.2) is 14.2 Å². The van der Waals surface area contributed by atoms with E-state index < -0.39 is 17.8 Å². The Balaban J connectivity index is 1.39. The van der Waals surface area contributed by atoms with Gasteiger partial charge < -0.3 is 20.7 Å². The van der Waals surface area contributed by atoms with Crippen LogP contribution < -0.4 is 20.7 Å². The second kappa shape index (κ2) is 10.9. The van der Waals surface area contributed by atoms with Crippen molar-refractivity contribution >= 4 is 52.2 Å². The summed E-state index contributed by atoms with van der Waals surface area (Å²) in [7, 11) is 0. The number of amides is 3. The van der Waals surface area contributed by atoms with Gasteiger partial charge in [0.25, 0.3) is 5.91 Å². The van der Waals surface area contributed by atoms with Crippen molar-refractivity contribution < 1.29 is 18.7 Å². The smallest absolute Gasteiger partial charge is 0.319 e. The summed E-state index contributed by atoms with van der Waals surface area (Å²) in [5.41, 5.74) is 0.634. The van der Waals surface area contributed by atoms with Crippen molar-refractivity contribution in [2.75, 3.05) is 18.4 Å². The van der Waals surface area contributed by atoms with Crippen molar-refractivity contribution in [3.63, 3.8) is 0 Å². The average Bonchev–Trinajstić information content (AvgIpc) is 3.22. The highest BCUT2D eigenvalue weighted by atomic mass is 35.5. The Morgan fingerprint density at radius 2 is 1.87 bits per heavy atom. The number of anilines is 1. The number of urea groups is 1. The molecule has 2 aromatic carbocycles. The van der Waals surface area contributed by atoms with Crippen LogP contribution in [-0.4, -0.2) is 30.0 Å². The van der Waals surface area contributed by atoms with E-state index in [2.05, 4.69) is 20.9 Å². The number of carbonyl (C=O) groups is 2. The second-order valence-corrected chi connectivity index (χ2v) is 7.89. The van der Waals surface area contributed by atoms with E-state index in [1.165, 1.54) is 29.5 Å². The van der Waals surface area contributed by atoms with Crippen LogP contribution in [0.1, 0.15) is 15.5 Å². The van der Waals surface area contributed by atoms with Gasteiger partial charge in [-0.05, 0) is 30.3 Å². The van der Waals surface area contributed by atoms with E-state index >= 15 is 0 Å². The maximum atomic E-state index is 13.6. The van der Waals surface area contributed by atoms with Crippen LogP contribution in [-0.2, 0) is 6.61 Å². The highest BCUT2D eigenvalue weighted by Gasteiger charge is 2.12. The normalized spacial score (nSPS) is 10.4.